The van der Waals surface area contributed by atoms with Crippen molar-refractivity contribution in [3.8, 4) is 17.2 Å². The Bertz CT molecular complexity index is 1420. The number of likely N-dealkylation sites (tertiary alicyclic amines) is 1. The Kier molecular flexibility index (Phi) is 7.45. The smallest absolute Gasteiger partial charge is 0.295 e. The summed E-state index contributed by atoms with van der Waals surface area (Å²) >= 11 is 0. The average molecular weight is 537 g/mol. The van der Waals surface area contributed by atoms with Crippen LogP contribution in [0.3, 0.4) is 0 Å². The van der Waals surface area contributed by atoms with Gasteiger partial charge >= 0.3 is 0 Å². The molecule has 2 aromatic heterocycles. The molecule has 1 aromatic carbocycles. The highest BCUT2D eigenvalue weighted by Gasteiger charge is 2.45. The number of fused-ring (bicyclic) bond motifs is 1. The molecule has 4 heterocycles. The van der Waals surface area contributed by atoms with Crippen LogP contribution in [0.2, 0.25) is 0 Å². The minimum absolute atomic E-state index is 0.125. The molecule has 0 saturated carbocycles. The van der Waals surface area contributed by atoms with Crippen molar-refractivity contribution in [2.75, 3.05) is 60.7 Å². The number of benzene rings is 1. The normalized spacial score (nSPS) is 19.6. The van der Waals surface area contributed by atoms with Gasteiger partial charge in [-0.15, -0.1) is 0 Å². The van der Waals surface area contributed by atoms with Crippen molar-refractivity contribution in [2.24, 2.45) is 0 Å². The minimum atomic E-state index is -0.944. The monoisotopic (exact) mass is 536 g/mol. The third-order valence-electron chi connectivity index (χ3n) is 7.36. The minimum Gasteiger partial charge on any atom is -0.871 e. The van der Waals surface area contributed by atoms with Crippen molar-refractivity contribution < 1.29 is 38.5 Å². The third kappa shape index (κ3) is 4.68. The lowest BCUT2D eigenvalue weighted by Gasteiger charge is -2.30. The van der Waals surface area contributed by atoms with Crippen LogP contribution in [0.4, 0.5) is 0 Å². The van der Waals surface area contributed by atoms with Crippen LogP contribution in [0.5, 0.6) is 17.2 Å². The zero-order valence-corrected chi connectivity index (χ0v) is 22.5. The lowest BCUT2D eigenvalue weighted by molar-refractivity contribution is -0.907. The fourth-order valence-electron chi connectivity index (χ4n) is 5.41. The summed E-state index contributed by atoms with van der Waals surface area (Å²) in [6.07, 6.45) is 1.72. The molecule has 2 aliphatic heterocycles. The summed E-state index contributed by atoms with van der Waals surface area (Å²) < 4.78 is 23.7. The van der Waals surface area contributed by atoms with E-state index in [0.29, 0.717) is 53.9 Å². The maximum atomic E-state index is 14.2. The van der Waals surface area contributed by atoms with Gasteiger partial charge in [0.2, 0.25) is 11.5 Å². The van der Waals surface area contributed by atoms with Crippen molar-refractivity contribution in [3.05, 3.63) is 59.1 Å². The predicted molar refractivity (Wildman–Crippen MR) is 139 cm³/mol. The Morgan fingerprint density at radius 3 is 2.44 bits per heavy atom. The molecule has 11 nitrogen and oxygen atoms in total. The van der Waals surface area contributed by atoms with Gasteiger partial charge in [-0.1, -0.05) is 11.8 Å². The first kappa shape index (κ1) is 26.5. The van der Waals surface area contributed by atoms with Crippen molar-refractivity contribution in [3.63, 3.8) is 0 Å². The van der Waals surface area contributed by atoms with Gasteiger partial charge in [-0.25, -0.2) is 4.98 Å². The first-order valence-electron chi connectivity index (χ1n) is 12.8. The number of ketones is 1. The number of carbonyl (C=O) groups excluding carboxylic acids is 2. The molecular weight excluding hydrogens is 504 g/mol. The number of nitrogens with one attached hydrogen (secondary N) is 1. The number of Topliss-reactive ketones (excluding diaryl/α,β-unsaturated/α-hetero) is 1. The van der Waals surface area contributed by atoms with E-state index >= 15 is 0 Å². The van der Waals surface area contributed by atoms with E-state index in [9.17, 15) is 14.7 Å². The Labute approximate surface area is 226 Å². The highest BCUT2D eigenvalue weighted by Crippen LogP contribution is 2.45. The lowest BCUT2D eigenvalue weighted by Crippen LogP contribution is -3.14. The van der Waals surface area contributed by atoms with Crippen LogP contribution < -0.4 is 24.2 Å². The Balaban J connectivity index is 1.68. The zero-order chi connectivity index (χ0) is 27.7. The number of morpholine rings is 1. The van der Waals surface area contributed by atoms with Gasteiger partial charge in [-0.05, 0) is 36.8 Å². The number of amides is 1. The Morgan fingerprint density at radius 1 is 1.10 bits per heavy atom. The molecule has 1 amide bonds. The van der Waals surface area contributed by atoms with Gasteiger partial charge < -0.3 is 38.3 Å². The molecule has 2 fully saturated rings. The number of aryl methyl sites for hydroxylation is 1. The highest BCUT2D eigenvalue weighted by atomic mass is 16.5. The number of carbonyl (C=O) groups is 2. The van der Waals surface area contributed by atoms with Crippen molar-refractivity contribution in [1.29, 1.82) is 0 Å². The average Bonchev–Trinajstić information content (AvgIpc) is 3.43. The summed E-state index contributed by atoms with van der Waals surface area (Å²) in [7, 11) is 4.47. The molecule has 1 N–H and O–H groups in total. The van der Waals surface area contributed by atoms with Gasteiger partial charge in [0, 0.05) is 11.8 Å². The number of hydrogen-bond acceptors (Lipinski definition) is 8. The second-order valence-corrected chi connectivity index (χ2v) is 9.52. The molecule has 1 atom stereocenters. The molecule has 5 rings (SSSR count). The van der Waals surface area contributed by atoms with Crippen molar-refractivity contribution in [1.82, 2.24) is 14.3 Å². The number of rotatable bonds is 8. The molecule has 3 aromatic rings. The lowest BCUT2D eigenvalue weighted by atomic mass is 9.95. The van der Waals surface area contributed by atoms with E-state index in [1.807, 2.05) is 6.07 Å². The number of pyridine rings is 1. The van der Waals surface area contributed by atoms with Crippen molar-refractivity contribution in [2.45, 2.75) is 13.0 Å². The van der Waals surface area contributed by atoms with Crippen LogP contribution >= 0.6 is 0 Å². The number of ether oxygens (including phenoxy) is 4. The molecule has 0 bridgehead atoms. The van der Waals surface area contributed by atoms with Crippen LogP contribution in [0.1, 0.15) is 23.0 Å². The molecule has 206 valence electrons. The van der Waals surface area contributed by atoms with E-state index in [2.05, 4.69) is 4.98 Å². The summed E-state index contributed by atoms with van der Waals surface area (Å²) in [5, 5.41) is 14.2. The Hall–Kier alpha value is -4.09. The van der Waals surface area contributed by atoms with Crippen molar-refractivity contribution >= 4 is 23.1 Å². The van der Waals surface area contributed by atoms with E-state index in [1.165, 1.54) is 31.1 Å². The van der Waals surface area contributed by atoms with Crippen LogP contribution in [0.25, 0.3) is 11.4 Å². The SMILES string of the molecule is COc1cc(C2C(=C([O-])c3c(C)nc4ccccn34)C(=O)C(=O)N2CC[NH+]2CCOCC2)cc(OC)c1OC. The summed E-state index contributed by atoms with van der Waals surface area (Å²) in [6, 6.07) is 7.81. The molecule has 11 heteroatoms. The zero-order valence-electron chi connectivity index (χ0n) is 22.5. The van der Waals surface area contributed by atoms with Gasteiger partial charge in [0.1, 0.15) is 18.7 Å². The number of methoxy groups -OCH3 is 3. The van der Waals surface area contributed by atoms with Crippen LogP contribution in [0, 0.1) is 6.92 Å². The maximum Gasteiger partial charge on any atom is 0.295 e. The summed E-state index contributed by atoms with van der Waals surface area (Å²) in [5.41, 5.74) is 1.68. The standard InChI is InChI=1S/C28H32N4O7/c1-17-23(31-8-6-5-7-21(31)29-17)25(33)22-24(18-15-19(36-2)27(38-4)20(16-18)37-3)32(28(35)26(22)34)10-9-30-11-13-39-14-12-30/h5-8,15-16,24,33H,9-14H2,1-4H3. The van der Waals surface area contributed by atoms with E-state index < -0.39 is 23.5 Å². The fraction of sp³-hybridized carbons (Fsp3) is 0.393. The first-order valence-corrected chi connectivity index (χ1v) is 12.8. The Morgan fingerprint density at radius 2 is 1.79 bits per heavy atom. The van der Waals surface area contributed by atoms with E-state index in [0.717, 1.165) is 13.1 Å². The number of imidazole rings is 1. The highest BCUT2D eigenvalue weighted by molar-refractivity contribution is 6.46. The summed E-state index contributed by atoms with van der Waals surface area (Å²) in [5.74, 6) is -0.985. The summed E-state index contributed by atoms with van der Waals surface area (Å²) in [4.78, 5) is 34.3. The largest absolute Gasteiger partial charge is 0.871 e. The van der Waals surface area contributed by atoms with Crippen LogP contribution in [-0.4, -0.2) is 86.7 Å². The number of nitrogens with zero attached hydrogens (tertiary/aromatic N) is 3. The molecule has 2 aliphatic rings. The second kappa shape index (κ2) is 11.0. The van der Waals surface area contributed by atoms with Crippen LogP contribution in [-0.2, 0) is 14.3 Å². The maximum absolute atomic E-state index is 14.2. The molecule has 1 unspecified atom stereocenters. The molecular formula is C28H32N4O7. The molecule has 0 spiro atoms. The first-order chi connectivity index (χ1) is 18.9. The van der Waals surface area contributed by atoms with Gasteiger partial charge in [0.05, 0.1) is 65.1 Å². The van der Waals surface area contributed by atoms with E-state index in [-0.39, 0.29) is 17.8 Å². The van der Waals surface area contributed by atoms with Gasteiger partial charge in [-0.2, -0.15) is 0 Å². The van der Waals surface area contributed by atoms with E-state index in [4.69, 9.17) is 18.9 Å². The van der Waals surface area contributed by atoms with Gasteiger partial charge in [-0.3, -0.25) is 9.59 Å². The quantitative estimate of drug-likeness (QED) is 0.239. The van der Waals surface area contributed by atoms with E-state index in [1.54, 1.807) is 41.8 Å². The molecule has 2 saturated heterocycles. The fourth-order valence-corrected chi connectivity index (χ4v) is 5.41. The molecule has 0 aliphatic carbocycles. The predicted octanol–water partition coefficient (Wildman–Crippen LogP) is -0.192. The molecule has 0 radical (unpaired) electrons. The van der Waals surface area contributed by atoms with Gasteiger partial charge in [0.15, 0.2) is 11.5 Å². The third-order valence-corrected chi connectivity index (χ3v) is 7.36. The molecule has 39 heavy (non-hydrogen) atoms. The topological polar surface area (TPSA) is 119 Å². The summed E-state index contributed by atoms with van der Waals surface area (Å²) in [6.45, 7) is 5.51. The van der Waals surface area contributed by atoms with Crippen LogP contribution in [0.15, 0.2) is 42.1 Å². The van der Waals surface area contributed by atoms with Gasteiger partial charge in [0.25, 0.3) is 5.91 Å². The number of hydrogen-bond donors (Lipinski definition) is 1. The number of aromatic nitrogens is 2. The number of quaternary nitrogens is 1. The second-order valence-electron chi connectivity index (χ2n) is 9.52.